The molecule has 1 heterocycles. The Morgan fingerprint density at radius 2 is 1.50 bits per heavy atom. The molecule has 0 atom stereocenters. The molecule has 1 saturated heterocycles. The Hall–Kier alpha value is 3.95. The van der Waals surface area contributed by atoms with Gasteiger partial charge in [0.15, 0.2) is 0 Å². The summed E-state index contributed by atoms with van der Waals surface area (Å²) in [5.41, 5.74) is 0. The van der Waals surface area contributed by atoms with Crippen molar-refractivity contribution in [3.63, 3.8) is 0 Å². The minimum atomic E-state index is 0.850. The van der Waals surface area contributed by atoms with Gasteiger partial charge in [-0.25, -0.2) is 0 Å². The molecule has 6 heavy (non-hydrogen) atoms. The average molecular weight is 652 g/mol. The van der Waals surface area contributed by atoms with E-state index in [9.17, 15) is 0 Å². The van der Waals surface area contributed by atoms with E-state index in [4.69, 9.17) is 0 Å². The van der Waals surface area contributed by atoms with Crippen LogP contribution in [0.25, 0.3) is 0 Å². The van der Waals surface area contributed by atoms with E-state index in [1.54, 1.807) is 0 Å². The number of rotatable bonds is 0. The van der Waals surface area contributed by atoms with Gasteiger partial charge in [0.25, 0.3) is 0 Å². The van der Waals surface area contributed by atoms with Crippen molar-refractivity contribution in [2.75, 3.05) is 0 Å². The van der Waals surface area contributed by atoms with Gasteiger partial charge in [-0.1, -0.05) is 0 Å². The molecule has 0 aliphatic carbocycles. The van der Waals surface area contributed by atoms with Crippen molar-refractivity contribution in [1.82, 2.24) is 0 Å². The van der Waals surface area contributed by atoms with Crippen LogP contribution in [0.5, 0.6) is 0 Å². The van der Waals surface area contributed by atoms with E-state index >= 15 is 0 Å². The second-order valence-electron chi connectivity index (χ2n) is 0.558. The first-order valence-corrected chi connectivity index (χ1v) is 33.9. The van der Waals surface area contributed by atoms with Gasteiger partial charge in [0.05, 0.1) is 0 Å². The van der Waals surface area contributed by atoms with Crippen LogP contribution in [0.3, 0.4) is 0 Å². The maximum absolute atomic E-state index is 1.91. The molecule has 0 radical (unpaired) electrons. The van der Waals surface area contributed by atoms with Gasteiger partial charge in [0.2, 0.25) is 0 Å². The summed E-state index contributed by atoms with van der Waals surface area (Å²) in [4.78, 5) is 0. The zero-order valence-electron chi connectivity index (χ0n) is 2.75. The van der Waals surface area contributed by atoms with Gasteiger partial charge in [0, 0.05) is 0 Å². The third-order valence-corrected chi connectivity index (χ3v) is 171. The number of hydrogen-bond acceptors (Lipinski definition) is 0. The molecule has 1 rings (SSSR count). The third-order valence-electron chi connectivity index (χ3n) is 0.248. The van der Waals surface area contributed by atoms with Crippen molar-refractivity contribution >= 4 is 73.7 Å². The Morgan fingerprint density at radius 3 is 1.67 bits per heavy atom. The first kappa shape index (κ1) is 8.05. The first-order valence-electron chi connectivity index (χ1n) is 1.24. The van der Waals surface area contributed by atoms with Crippen LogP contribution in [0.15, 0.2) is 0 Å². The molecule has 0 unspecified atom stereocenters. The van der Waals surface area contributed by atoms with Crippen LogP contribution >= 0.6 is 0 Å². The molecule has 0 aromatic rings. The van der Waals surface area contributed by atoms with Gasteiger partial charge in [-0.05, 0) is 0 Å². The molecule has 1 aliphatic heterocycles. The van der Waals surface area contributed by atoms with Crippen LogP contribution < -0.4 is 0 Å². The van der Waals surface area contributed by atoms with Crippen LogP contribution in [0.2, 0.25) is 2.52 Å². The van der Waals surface area contributed by atoms with E-state index in [1.165, 1.54) is 0 Å². The topological polar surface area (TPSA) is 0 Å². The Bertz CT molecular complexity index is 19.4. The molecular formula is CH2Te5. The average Bonchev–Trinajstić information content (AvgIpc) is 1.72. The second kappa shape index (κ2) is 5.71. The fourth-order valence-electron chi connectivity index (χ4n) is 0.110. The molecular weight excluding hydrogens is 650 g/mol. The van der Waals surface area contributed by atoms with Crippen molar-refractivity contribution in [3.8, 4) is 0 Å². The van der Waals surface area contributed by atoms with Crippen molar-refractivity contribution in [3.05, 3.63) is 0 Å². The number of hydrogen-bond donors (Lipinski definition) is 0. The summed E-state index contributed by atoms with van der Waals surface area (Å²) in [6, 6.07) is 0. The molecule has 1 aliphatic rings. The minimum absolute atomic E-state index is 0.850. The van der Waals surface area contributed by atoms with Gasteiger partial charge in [-0.15, -0.1) is 0 Å². The van der Waals surface area contributed by atoms with E-state index in [2.05, 4.69) is 0 Å². The van der Waals surface area contributed by atoms with Gasteiger partial charge in [-0.3, -0.25) is 0 Å². The standard InChI is InChI=1S/CH2Te5/c1-2-4-6-5-3-1/h1H2. The monoisotopic (exact) mass is 664 g/mol. The Morgan fingerprint density at radius 1 is 0.833 bits per heavy atom. The normalized spacial score (nSPS) is 24.0. The summed E-state index contributed by atoms with van der Waals surface area (Å²) in [7, 11) is 0. The predicted molar refractivity (Wildman–Crippen MR) is 33.6 cm³/mol. The molecule has 36 valence electrons. The molecule has 5 heteroatoms. The molecule has 0 spiro atoms. The molecule has 0 amide bonds. The third kappa shape index (κ3) is 3.88. The maximum atomic E-state index is 1.91. The predicted octanol–water partition coefficient (Wildman–Crippen LogP) is -1.44. The zero-order chi connectivity index (χ0) is 4.24. The molecule has 0 saturated carbocycles. The Labute approximate surface area is 73.4 Å². The zero-order valence-corrected chi connectivity index (χ0v) is 14.4. The SMILES string of the molecule is C1[Te][Te][Te][Te][Te]1. The van der Waals surface area contributed by atoms with Crippen molar-refractivity contribution in [1.29, 1.82) is 0 Å². The van der Waals surface area contributed by atoms with Crippen LogP contribution in [0.1, 0.15) is 0 Å². The molecule has 0 nitrogen and oxygen atoms in total. The fraction of sp³-hybridized carbons (Fsp3) is 1.00. The summed E-state index contributed by atoms with van der Waals surface area (Å²) in [5, 5.41) is 0. The second-order valence-corrected chi connectivity index (χ2v) is 77.5. The van der Waals surface area contributed by atoms with Crippen molar-refractivity contribution < 1.29 is 0 Å². The Balaban J connectivity index is 2.00. The van der Waals surface area contributed by atoms with E-state index in [-0.39, 0.29) is 0 Å². The molecule has 0 N–H and O–H groups in total. The summed E-state index contributed by atoms with van der Waals surface area (Å²) < 4.78 is 1.91. The van der Waals surface area contributed by atoms with Crippen LogP contribution in [-0.4, -0.2) is 73.7 Å². The van der Waals surface area contributed by atoms with E-state index in [0.717, 1.165) is 73.7 Å². The van der Waals surface area contributed by atoms with Crippen molar-refractivity contribution in [2.45, 2.75) is 2.52 Å². The van der Waals surface area contributed by atoms with E-state index in [1.807, 2.05) is 2.52 Å². The van der Waals surface area contributed by atoms with E-state index < -0.39 is 0 Å². The van der Waals surface area contributed by atoms with Crippen LogP contribution in [0, 0.1) is 0 Å². The molecule has 1 fully saturated rings. The van der Waals surface area contributed by atoms with Crippen LogP contribution in [-0.2, 0) is 0 Å². The summed E-state index contributed by atoms with van der Waals surface area (Å²) in [6.07, 6.45) is 0. The molecule has 0 aromatic carbocycles. The first-order chi connectivity index (χ1) is 3.00. The quantitative estimate of drug-likeness (QED) is 0.282. The van der Waals surface area contributed by atoms with Crippen molar-refractivity contribution in [2.24, 2.45) is 0 Å². The van der Waals surface area contributed by atoms with Gasteiger partial charge < -0.3 is 0 Å². The fourth-order valence-corrected chi connectivity index (χ4v) is 353. The van der Waals surface area contributed by atoms with Gasteiger partial charge in [0.1, 0.15) is 0 Å². The van der Waals surface area contributed by atoms with Crippen LogP contribution in [0.4, 0.5) is 0 Å². The van der Waals surface area contributed by atoms with Gasteiger partial charge in [-0.2, -0.15) is 0 Å². The van der Waals surface area contributed by atoms with E-state index in [0.29, 0.717) is 0 Å². The summed E-state index contributed by atoms with van der Waals surface area (Å²) >= 11 is 4.49. The molecule has 0 aromatic heterocycles. The molecule has 0 bridgehead atoms. The summed E-state index contributed by atoms with van der Waals surface area (Å²) in [6.45, 7) is 0. The van der Waals surface area contributed by atoms with Gasteiger partial charge >= 0.3 is 76.2 Å². The Kier molecular flexibility index (Phi) is 7.66. The summed E-state index contributed by atoms with van der Waals surface area (Å²) in [5.74, 6) is 0.